The van der Waals surface area contributed by atoms with Gasteiger partial charge in [-0.05, 0) is 37.3 Å². The first-order valence-electron chi connectivity index (χ1n) is 6.53. The Labute approximate surface area is 127 Å². The van der Waals surface area contributed by atoms with E-state index >= 15 is 0 Å². The van der Waals surface area contributed by atoms with Crippen LogP contribution in [0.5, 0.6) is 5.75 Å². The zero-order chi connectivity index (χ0) is 16.1. The third-order valence-electron chi connectivity index (χ3n) is 2.93. The lowest BCUT2D eigenvalue weighted by Crippen LogP contribution is -2.30. The number of nitriles is 1. The molecule has 0 fully saturated rings. The quantitative estimate of drug-likeness (QED) is 0.850. The molecule has 0 heterocycles. The van der Waals surface area contributed by atoms with Gasteiger partial charge in [0.15, 0.2) is 6.10 Å². The number of carbonyl (C=O) groups excluding carboxylic acids is 1. The molecule has 0 aromatic heterocycles. The molecule has 0 aliphatic carbocycles. The van der Waals surface area contributed by atoms with E-state index in [1.165, 1.54) is 25.1 Å². The Morgan fingerprint density at radius 3 is 2.82 bits per heavy atom. The third kappa shape index (κ3) is 3.52. The van der Waals surface area contributed by atoms with E-state index in [9.17, 15) is 9.18 Å². The number of rotatable bonds is 4. The van der Waals surface area contributed by atoms with Gasteiger partial charge in [-0.2, -0.15) is 5.26 Å². The monoisotopic (exact) mass is 299 g/mol. The lowest BCUT2D eigenvalue weighted by molar-refractivity contribution is -0.122. The highest BCUT2D eigenvalue weighted by Crippen LogP contribution is 2.20. The molecular weight excluding hydrogens is 285 g/mol. The summed E-state index contributed by atoms with van der Waals surface area (Å²) < 4.78 is 19.0. The van der Waals surface area contributed by atoms with Crippen molar-refractivity contribution in [1.29, 1.82) is 5.26 Å². The van der Waals surface area contributed by atoms with Crippen molar-refractivity contribution in [3.05, 3.63) is 53.8 Å². The van der Waals surface area contributed by atoms with Gasteiger partial charge >= 0.3 is 0 Å². The Morgan fingerprint density at radius 1 is 1.36 bits per heavy atom. The predicted molar refractivity (Wildman–Crippen MR) is 80.7 cm³/mol. The largest absolute Gasteiger partial charge is 0.480 e. The summed E-state index contributed by atoms with van der Waals surface area (Å²) in [6, 6.07) is 12.4. The van der Waals surface area contributed by atoms with Crippen molar-refractivity contribution in [2.45, 2.75) is 13.0 Å². The smallest absolute Gasteiger partial charge is 0.265 e. The molecule has 2 aromatic rings. The molecule has 6 heteroatoms. The number of para-hydroxylation sites is 1. The number of anilines is 2. The molecule has 1 unspecified atom stereocenters. The van der Waals surface area contributed by atoms with Gasteiger partial charge in [0, 0.05) is 5.69 Å². The van der Waals surface area contributed by atoms with E-state index in [1.807, 2.05) is 6.07 Å². The van der Waals surface area contributed by atoms with Crippen LogP contribution in [0.3, 0.4) is 0 Å². The molecular formula is C16H14FN3O2. The number of carbonyl (C=O) groups is 1. The second-order valence-corrected chi connectivity index (χ2v) is 4.60. The van der Waals surface area contributed by atoms with Crippen LogP contribution in [-0.2, 0) is 4.79 Å². The van der Waals surface area contributed by atoms with Gasteiger partial charge in [-0.1, -0.05) is 12.1 Å². The Hall–Kier alpha value is -3.07. The zero-order valence-corrected chi connectivity index (χ0v) is 11.8. The Bertz CT molecular complexity index is 740. The molecule has 5 nitrogen and oxygen atoms in total. The van der Waals surface area contributed by atoms with Crippen LogP contribution in [0.4, 0.5) is 15.8 Å². The zero-order valence-electron chi connectivity index (χ0n) is 11.8. The molecule has 0 aliphatic heterocycles. The van der Waals surface area contributed by atoms with Crippen molar-refractivity contribution < 1.29 is 13.9 Å². The van der Waals surface area contributed by atoms with Gasteiger partial charge in [0.05, 0.1) is 11.3 Å². The van der Waals surface area contributed by atoms with Crippen LogP contribution in [0, 0.1) is 17.1 Å². The molecule has 0 radical (unpaired) electrons. The number of nitrogens with one attached hydrogen (secondary N) is 1. The van der Waals surface area contributed by atoms with Crippen LogP contribution in [0.25, 0.3) is 0 Å². The van der Waals surface area contributed by atoms with E-state index in [0.29, 0.717) is 17.0 Å². The number of ether oxygens (including phenoxy) is 1. The van der Waals surface area contributed by atoms with Crippen molar-refractivity contribution in [3.8, 4) is 11.8 Å². The minimum absolute atomic E-state index is 0.0194. The molecule has 0 saturated heterocycles. The van der Waals surface area contributed by atoms with E-state index in [1.54, 1.807) is 24.3 Å². The Kier molecular flexibility index (Phi) is 4.59. The standard InChI is InChI=1S/C16H14FN3O2/c1-10(22-15-5-3-2-4-11(15)9-18)16(21)20-14-8-12(19)6-7-13(14)17/h2-8,10H,19H2,1H3,(H,20,21). The highest BCUT2D eigenvalue weighted by molar-refractivity contribution is 5.94. The number of nitrogens with zero attached hydrogens (tertiary/aromatic N) is 1. The minimum Gasteiger partial charge on any atom is -0.480 e. The highest BCUT2D eigenvalue weighted by Gasteiger charge is 2.18. The van der Waals surface area contributed by atoms with E-state index in [0.717, 1.165) is 0 Å². The second kappa shape index (κ2) is 6.59. The second-order valence-electron chi connectivity index (χ2n) is 4.60. The Balaban J connectivity index is 2.10. The third-order valence-corrected chi connectivity index (χ3v) is 2.93. The topological polar surface area (TPSA) is 88.1 Å². The summed E-state index contributed by atoms with van der Waals surface area (Å²) in [6.45, 7) is 1.51. The molecule has 0 bridgehead atoms. The molecule has 3 N–H and O–H groups in total. The summed E-state index contributed by atoms with van der Waals surface area (Å²) >= 11 is 0. The summed E-state index contributed by atoms with van der Waals surface area (Å²) in [4.78, 5) is 12.1. The maximum atomic E-state index is 13.6. The molecule has 0 spiro atoms. The lowest BCUT2D eigenvalue weighted by atomic mass is 10.2. The molecule has 0 saturated carbocycles. The molecule has 1 amide bonds. The molecule has 0 aliphatic rings. The van der Waals surface area contributed by atoms with E-state index in [2.05, 4.69) is 5.32 Å². The summed E-state index contributed by atoms with van der Waals surface area (Å²) in [5.41, 5.74) is 6.19. The number of halogens is 1. The lowest BCUT2D eigenvalue weighted by Gasteiger charge is -2.16. The van der Waals surface area contributed by atoms with Gasteiger partial charge in [0.2, 0.25) is 0 Å². The van der Waals surface area contributed by atoms with Gasteiger partial charge in [-0.15, -0.1) is 0 Å². The minimum atomic E-state index is -0.907. The summed E-state index contributed by atoms with van der Waals surface area (Å²) in [5, 5.41) is 11.4. The molecule has 112 valence electrons. The number of amides is 1. The predicted octanol–water partition coefficient (Wildman–Crippen LogP) is 2.69. The molecule has 22 heavy (non-hydrogen) atoms. The highest BCUT2D eigenvalue weighted by atomic mass is 19.1. The number of nitrogen functional groups attached to an aromatic ring is 1. The average molecular weight is 299 g/mol. The number of hydrogen-bond donors (Lipinski definition) is 2. The van der Waals surface area contributed by atoms with Gasteiger partial charge in [-0.3, -0.25) is 4.79 Å². The van der Waals surface area contributed by atoms with Crippen LogP contribution in [0.15, 0.2) is 42.5 Å². The summed E-state index contributed by atoms with van der Waals surface area (Å²) in [7, 11) is 0. The fourth-order valence-electron chi connectivity index (χ4n) is 1.78. The van der Waals surface area contributed by atoms with Gasteiger partial charge in [0.1, 0.15) is 17.6 Å². The van der Waals surface area contributed by atoms with Crippen LogP contribution in [0.2, 0.25) is 0 Å². The van der Waals surface area contributed by atoms with Crippen LogP contribution in [-0.4, -0.2) is 12.0 Å². The maximum Gasteiger partial charge on any atom is 0.265 e. The fourth-order valence-corrected chi connectivity index (χ4v) is 1.78. The van der Waals surface area contributed by atoms with Crippen LogP contribution in [0.1, 0.15) is 12.5 Å². The van der Waals surface area contributed by atoms with Crippen molar-refractivity contribution >= 4 is 17.3 Å². The summed E-state index contributed by atoms with van der Waals surface area (Å²) in [5.74, 6) is -0.842. The van der Waals surface area contributed by atoms with Gasteiger partial charge in [-0.25, -0.2) is 4.39 Å². The first-order valence-corrected chi connectivity index (χ1v) is 6.53. The number of hydrogen-bond acceptors (Lipinski definition) is 4. The van der Waals surface area contributed by atoms with E-state index in [-0.39, 0.29) is 5.69 Å². The van der Waals surface area contributed by atoms with Crippen molar-refractivity contribution in [2.75, 3.05) is 11.1 Å². The summed E-state index contributed by atoms with van der Waals surface area (Å²) in [6.07, 6.45) is -0.907. The van der Waals surface area contributed by atoms with E-state index < -0.39 is 17.8 Å². The van der Waals surface area contributed by atoms with Gasteiger partial charge in [0.25, 0.3) is 5.91 Å². The first-order chi connectivity index (χ1) is 10.5. The SMILES string of the molecule is CC(Oc1ccccc1C#N)C(=O)Nc1cc(N)ccc1F. The normalized spacial score (nSPS) is 11.3. The van der Waals surface area contributed by atoms with Crippen LogP contribution >= 0.6 is 0 Å². The molecule has 2 rings (SSSR count). The van der Waals surface area contributed by atoms with Crippen molar-refractivity contribution in [2.24, 2.45) is 0 Å². The number of nitrogens with two attached hydrogens (primary N) is 1. The average Bonchev–Trinajstić information content (AvgIpc) is 2.51. The van der Waals surface area contributed by atoms with Crippen LogP contribution < -0.4 is 15.8 Å². The van der Waals surface area contributed by atoms with Crippen molar-refractivity contribution in [3.63, 3.8) is 0 Å². The maximum absolute atomic E-state index is 13.6. The fraction of sp³-hybridized carbons (Fsp3) is 0.125. The van der Waals surface area contributed by atoms with E-state index in [4.69, 9.17) is 15.7 Å². The first kappa shape index (κ1) is 15.3. The van der Waals surface area contributed by atoms with Gasteiger partial charge < -0.3 is 15.8 Å². The molecule has 2 aromatic carbocycles. The molecule has 1 atom stereocenters. The van der Waals surface area contributed by atoms with Crippen molar-refractivity contribution in [1.82, 2.24) is 0 Å². The number of benzene rings is 2. The Morgan fingerprint density at radius 2 is 2.09 bits per heavy atom.